The van der Waals surface area contributed by atoms with Gasteiger partial charge < -0.3 is 26.0 Å². The second-order valence-electron chi connectivity index (χ2n) is 15.0. The number of halogens is 1. The maximum atomic E-state index is 14.0. The fourth-order valence-electron chi connectivity index (χ4n) is 7.07. The quantitative estimate of drug-likeness (QED) is 0.165. The molecule has 50 heavy (non-hydrogen) atoms. The summed E-state index contributed by atoms with van der Waals surface area (Å²) in [6.45, 7) is 6.67. The molecule has 0 aliphatic heterocycles. The molecule has 3 fully saturated rings. The van der Waals surface area contributed by atoms with Crippen LogP contribution in [0.25, 0.3) is 0 Å². The van der Waals surface area contributed by atoms with Crippen LogP contribution in [0.4, 0.5) is 4.79 Å². The summed E-state index contributed by atoms with van der Waals surface area (Å²) in [5.74, 6) is -1.09. The smallest absolute Gasteiger partial charge is 0.407 e. The minimum Gasteiger partial charge on any atom is -0.444 e. The number of hydrogen-bond acceptors (Lipinski definition) is 5. The number of carbonyl (C=O) groups excluding carboxylic acids is 4. The van der Waals surface area contributed by atoms with Gasteiger partial charge in [0.25, 0.3) is 5.91 Å². The number of benzene rings is 3. The number of rotatable bonds is 13. The van der Waals surface area contributed by atoms with Gasteiger partial charge in [0.15, 0.2) is 0 Å². The molecule has 266 valence electrons. The van der Waals surface area contributed by atoms with Crippen LogP contribution in [0.5, 0.6) is 0 Å². The number of nitrogens with one attached hydrogen (secondary N) is 4. The van der Waals surface area contributed by atoms with Crippen molar-refractivity contribution in [3.8, 4) is 0 Å². The highest BCUT2D eigenvalue weighted by Crippen LogP contribution is 2.56. The van der Waals surface area contributed by atoms with Gasteiger partial charge in [-0.3, -0.25) is 14.4 Å². The molecule has 3 aliphatic rings. The lowest BCUT2D eigenvalue weighted by Gasteiger charge is -2.53. The molecule has 3 aliphatic carbocycles. The van der Waals surface area contributed by atoms with E-state index in [1.165, 1.54) is 0 Å². The molecule has 0 aromatic heterocycles. The molecule has 0 heterocycles. The zero-order valence-electron chi connectivity index (χ0n) is 29.2. The molecule has 0 saturated heterocycles. The summed E-state index contributed by atoms with van der Waals surface area (Å²) in [7, 11) is 0. The van der Waals surface area contributed by atoms with E-state index in [0.29, 0.717) is 30.1 Å². The van der Waals surface area contributed by atoms with Crippen molar-refractivity contribution in [2.45, 2.75) is 89.8 Å². The molecule has 2 bridgehead atoms. The summed E-state index contributed by atoms with van der Waals surface area (Å²) in [4.78, 5) is 53.4. The molecule has 0 spiro atoms. The molecule has 3 saturated carbocycles. The average molecular weight is 701 g/mol. The normalized spacial score (nSPS) is 21.0. The molecular weight excluding hydrogens is 652 g/mol. The summed E-state index contributed by atoms with van der Waals surface area (Å²) in [6, 6.07) is 23.7. The standard InChI is InChI=1S/C40H49ClN4O5/c1-38(2,3)50-37(49)43-27-40-21-18-39(19-22-40,20-23-40)26-42-35(47)32(24-28-10-6-4-7-11-28)45-36(48)33(25-29-14-16-31(41)17-15-29)44-34(46)30-12-8-5-9-13-30/h4-17,32-33H,18-27H2,1-3H3,(H,42,47)(H,43,49)(H,44,46)(H,45,48)/t32-,33+,39?,40?/m0/s1. The van der Waals surface area contributed by atoms with Crippen molar-refractivity contribution in [3.63, 3.8) is 0 Å². The van der Waals surface area contributed by atoms with Gasteiger partial charge in [-0.1, -0.05) is 72.3 Å². The van der Waals surface area contributed by atoms with Gasteiger partial charge in [-0.15, -0.1) is 0 Å². The third kappa shape index (κ3) is 10.3. The first-order chi connectivity index (χ1) is 23.8. The van der Waals surface area contributed by atoms with Gasteiger partial charge in [0.05, 0.1) is 0 Å². The third-order valence-electron chi connectivity index (χ3n) is 10.1. The molecule has 3 aromatic carbocycles. The lowest BCUT2D eigenvalue weighted by atomic mass is 9.53. The summed E-state index contributed by atoms with van der Waals surface area (Å²) >= 11 is 6.10. The molecule has 6 rings (SSSR count). The highest BCUT2D eigenvalue weighted by atomic mass is 35.5. The van der Waals surface area contributed by atoms with Crippen LogP contribution in [-0.2, 0) is 27.2 Å². The van der Waals surface area contributed by atoms with Crippen molar-refractivity contribution in [2.75, 3.05) is 13.1 Å². The zero-order valence-corrected chi connectivity index (χ0v) is 30.0. The molecule has 4 N–H and O–H groups in total. The number of alkyl carbamates (subject to hydrolysis) is 1. The van der Waals surface area contributed by atoms with Gasteiger partial charge in [-0.05, 0) is 106 Å². The Hall–Kier alpha value is -4.37. The maximum Gasteiger partial charge on any atom is 0.407 e. The van der Waals surface area contributed by atoms with Crippen LogP contribution in [0.2, 0.25) is 5.02 Å². The molecule has 4 amide bonds. The van der Waals surface area contributed by atoms with Crippen molar-refractivity contribution < 1.29 is 23.9 Å². The number of fused-ring (bicyclic) bond motifs is 3. The Labute approximate surface area is 300 Å². The molecule has 0 unspecified atom stereocenters. The molecule has 0 radical (unpaired) electrons. The Bertz CT molecular complexity index is 1600. The number of ether oxygens (including phenoxy) is 1. The summed E-state index contributed by atoms with van der Waals surface area (Å²) in [6.07, 6.45) is 5.89. The van der Waals surface area contributed by atoms with E-state index in [1.54, 1.807) is 36.4 Å². The van der Waals surface area contributed by atoms with E-state index in [0.717, 1.165) is 49.7 Å². The van der Waals surface area contributed by atoms with E-state index in [4.69, 9.17) is 16.3 Å². The van der Waals surface area contributed by atoms with Gasteiger partial charge in [0.1, 0.15) is 17.7 Å². The number of amides is 4. The average Bonchev–Trinajstić information content (AvgIpc) is 3.11. The number of hydrogen-bond donors (Lipinski definition) is 4. The first-order valence-electron chi connectivity index (χ1n) is 17.5. The predicted octanol–water partition coefficient (Wildman–Crippen LogP) is 6.39. The van der Waals surface area contributed by atoms with Gasteiger partial charge in [0.2, 0.25) is 11.8 Å². The highest BCUT2D eigenvalue weighted by molar-refractivity contribution is 6.30. The maximum absolute atomic E-state index is 14.0. The van der Waals surface area contributed by atoms with Gasteiger partial charge in [0, 0.05) is 36.5 Å². The van der Waals surface area contributed by atoms with Crippen molar-refractivity contribution in [2.24, 2.45) is 10.8 Å². The van der Waals surface area contributed by atoms with E-state index in [9.17, 15) is 19.2 Å². The van der Waals surface area contributed by atoms with Crippen LogP contribution in [-0.4, -0.2) is 54.6 Å². The lowest BCUT2D eigenvalue weighted by molar-refractivity contribution is -0.130. The van der Waals surface area contributed by atoms with E-state index in [1.807, 2.05) is 69.3 Å². The second-order valence-corrected chi connectivity index (χ2v) is 15.5. The summed E-state index contributed by atoms with van der Waals surface area (Å²) in [5.41, 5.74) is 1.65. The van der Waals surface area contributed by atoms with Gasteiger partial charge in [-0.25, -0.2) is 4.79 Å². The van der Waals surface area contributed by atoms with E-state index in [2.05, 4.69) is 21.3 Å². The largest absolute Gasteiger partial charge is 0.444 e. The molecule has 2 atom stereocenters. The third-order valence-corrected chi connectivity index (χ3v) is 10.4. The Kier molecular flexibility index (Phi) is 11.9. The molecule has 9 nitrogen and oxygen atoms in total. The Morgan fingerprint density at radius 3 is 1.68 bits per heavy atom. The van der Waals surface area contributed by atoms with Crippen LogP contribution in [0, 0.1) is 10.8 Å². The zero-order chi connectivity index (χ0) is 35.8. The molecular formula is C40H49ClN4O5. The second kappa shape index (κ2) is 16.1. The van der Waals surface area contributed by atoms with Crippen molar-refractivity contribution in [1.82, 2.24) is 21.3 Å². The first kappa shape index (κ1) is 36.9. The Morgan fingerprint density at radius 2 is 1.14 bits per heavy atom. The van der Waals surface area contributed by atoms with E-state index >= 15 is 0 Å². The SMILES string of the molecule is CC(C)(C)OC(=O)NCC12CCC(CNC(=O)[C@H](Cc3ccccc3)NC(=O)[C@@H](Cc3ccc(Cl)cc3)NC(=O)c3ccccc3)(CC1)CC2. The number of carbonyl (C=O) groups is 4. The minimum absolute atomic E-state index is 0.0224. The van der Waals surface area contributed by atoms with Crippen molar-refractivity contribution >= 4 is 35.4 Å². The monoisotopic (exact) mass is 700 g/mol. The van der Waals surface area contributed by atoms with Crippen LogP contribution < -0.4 is 21.3 Å². The predicted molar refractivity (Wildman–Crippen MR) is 195 cm³/mol. The highest BCUT2D eigenvalue weighted by Gasteiger charge is 2.48. The lowest BCUT2D eigenvalue weighted by Crippen LogP contribution is -2.57. The topological polar surface area (TPSA) is 126 Å². The van der Waals surface area contributed by atoms with Crippen molar-refractivity contribution in [1.29, 1.82) is 0 Å². The van der Waals surface area contributed by atoms with Crippen LogP contribution in [0.15, 0.2) is 84.9 Å². The molecule has 10 heteroatoms. The summed E-state index contributed by atoms with van der Waals surface area (Å²) in [5, 5.41) is 12.6. The van der Waals surface area contributed by atoms with E-state index < -0.39 is 23.6 Å². The Morgan fingerprint density at radius 1 is 0.660 bits per heavy atom. The molecule has 3 aromatic rings. The van der Waals surface area contributed by atoms with Crippen LogP contribution in [0.1, 0.15) is 80.8 Å². The van der Waals surface area contributed by atoms with Crippen LogP contribution >= 0.6 is 11.6 Å². The summed E-state index contributed by atoms with van der Waals surface area (Å²) < 4.78 is 5.44. The van der Waals surface area contributed by atoms with Gasteiger partial charge >= 0.3 is 6.09 Å². The van der Waals surface area contributed by atoms with Gasteiger partial charge in [-0.2, -0.15) is 0 Å². The first-order valence-corrected chi connectivity index (χ1v) is 17.9. The minimum atomic E-state index is -0.937. The van der Waals surface area contributed by atoms with E-state index in [-0.39, 0.29) is 35.2 Å². The van der Waals surface area contributed by atoms with Crippen LogP contribution in [0.3, 0.4) is 0 Å². The fourth-order valence-corrected chi connectivity index (χ4v) is 7.20. The Balaban J connectivity index is 1.24. The van der Waals surface area contributed by atoms with Crippen molar-refractivity contribution in [3.05, 3.63) is 107 Å². The fraction of sp³-hybridized carbons (Fsp3) is 0.450.